The molecular weight excluding hydrogens is 235 g/mol. The van der Waals surface area contributed by atoms with Gasteiger partial charge in [0.25, 0.3) is 0 Å². The number of rotatable bonds is 0. The number of benzene rings is 1. The number of anilines is 1. The summed E-state index contributed by atoms with van der Waals surface area (Å²) in [6.45, 7) is 0. The molecule has 0 radical (unpaired) electrons. The van der Waals surface area contributed by atoms with Crippen LogP contribution < -0.4 is 5.73 Å². The number of nitrogen functional groups attached to an aromatic ring is 1. The summed E-state index contributed by atoms with van der Waals surface area (Å²) in [6.07, 6.45) is 1.49. The third-order valence-electron chi connectivity index (χ3n) is 1.82. The van der Waals surface area contributed by atoms with Gasteiger partial charge in [-0.1, -0.05) is 15.9 Å². The van der Waals surface area contributed by atoms with Gasteiger partial charge in [-0.3, -0.25) is 4.98 Å². The number of hydrogen-bond acceptors (Lipinski definition) is 2. The van der Waals surface area contributed by atoms with Gasteiger partial charge in [0.2, 0.25) is 0 Å². The van der Waals surface area contributed by atoms with Crippen LogP contribution in [0.5, 0.6) is 0 Å². The Bertz CT molecular complexity index is 462. The molecule has 1 aromatic heterocycles. The van der Waals surface area contributed by atoms with Gasteiger partial charge in [-0.15, -0.1) is 0 Å². The van der Waals surface area contributed by atoms with Crippen molar-refractivity contribution in [2.24, 2.45) is 0 Å². The van der Waals surface area contributed by atoms with E-state index in [0.29, 0.717) is 16.6 Å². The molecule has 0 spiro atoms. The summed E-state index contributed by atoms with van der Waals surface area (Å²) in [5.74, 6) is -0.356. The van der Waals surface area contributed by atoms with Gasteiger partial charge >= 0.3 is 0 Å². The molecule has 0 aliphatic heterocycles. The van der Waals surface area contributed by atoms with Crippen molar-refractivity contribution in [2.75, 3.05) is 5.73 Å². The number of pyridine rings is 1. The highest BCUT2D eigenvalue weighted by Crippen LogP contribution is 2.28. The third-order valence-corrected chi connectivity index (χ3v) is 2.49. The number of nitrogens with two attached hydrogens (primary N) is 1. The summed E-state index contributed by atoms with van der Waals surface area (Å²) in [7, 11) is 0. The van der Waals surface area contributed by atoms with Crippen molar-refractivity contribution in [1.29, 1.82) is 0 Å². The Morgan fingerprint density at radius 1 is 1.31 bits per heavy atom. The lowest BCUT2D eigenvalue weighted by Crippen LogP contribution is -1.91. The van der Waals surface area contributed by atoms with Gasteiger partial charge in [0.05, 0.1) is 0 Å². The van der Waals surface area contributed by atoms with Crippen molar-refractivity contribution < 1.29 is 4.39 Å². The Balaban J connectivity index is 3.00. The van der Waals surface area contributed by atoms with E-state index in [9.17, 15) is 4.39 Å². The molecule has 4 heteroatoms. The zero-order valence-corrected chi connectivity index (χ0v) is 8.18. The quantitative estimate of drug-likeness (QED) is 0.770. The normalized spacial score (nSPS) is 10.6. The van der Waals surface area contributed by atoms with Crippen LogP contribution in [0.25, 0.3) is 10.9 Å². The maximum absolute atomic E-state index is 13.2. The summed E-state index contributed by atoms with van der Waals surface area (Å²) in [5.41, 5.74) is 6.51. The highest BCUT2D eigenvalue weighted by atomic mass is 79.9. The molecule has 13 heavy (non-hydrogen) atoms. The molecule has 1 heterocycles. The minimum atomic E-state index is -0.356. The lowest BCUT2D eigenvalue weighted by molar-refractivity contribution is 0.636. The van der Waals surface area contributed by atoms with E-state index in [1.807, 2.05) is 0 Å². The van der Waals surface area contributed by atoms with E-state index in [2.05, 4.69) is 20.9 Å². The van der Waals surface area contributed by atoms with E-state index in [-0.39, 0.29) is 5.82 Å². The van der Waals surface area contributed by atoms with Crippen LogP contribution in [-0.2, 0) is 0 Å². The van der Waals surface area contributed by atoms with Crippen LogP contribution in [0.4, 0.5) is 10.1 Å². The lowest BCUT2D eigenvalue weighted by Gasteiger charge is -2.03. The molecule has 0 saturated carbocycles. The fraction of sp³-hybridized carbons (Fsp3) is 0. The van der Waals surface area contributed by atoms with Crippen molar-refractivity contribution in [1.82, 2.24) is 4.98 Å². The molecule has 0 bridgehead atoms. The van der Waals surface area contributed by atoms with Crippen LogP contribution in [0.2, 0.25) is 0 Å². The van der Waals surface area contributed by atoms with Crippen LogP contribution >= 0.6 is 15.9 Å². The van der Waals surface area contributed by atoms with Crippen molar-refractivity contribution in [3.8, 4) is 0 Å². The first-order chi connectivity index (χ1) is 6.20. The molecular formula is C9H6BrFN2. The number of nitrogens with zero attached hydrogens (tertiary/aromatic N) is 1. The maximum atomic E-state index is 13.2. The predicted molar refractivity (Wildman–Crippen MR) is 53.8 cm³/mol. The molecule has 1 aromatic carbocycles. The van der Waals surface area contributed by atoms with E-state index in [0.717, 1.165) is 4.47 Å². The molecule has 2 nitrogen and oxygen atoms in total. The molecule has 0 saturated heterocycles. The monoisotopic (exact) mass is 240 g/mol. The largest absolute Gasteiger partial charge is 0.398 e. The van der Waals surface area contributed by atoms with E-state index in [1.165, 1.54) is 12.3 Å². The Morgan fingerprint density at radius 2 is 2.08 bits per heavy atom. The van der Waals surface area contributed by atoms with Gasteiger partial charge in [0.15, 0.2) is 0 Å². The fourth-order valence-electron chi connectivity index (χ4n) is 1.22. The average Bonchev–Trinajstić information content (AvgIpc) is 2.12. The molecule has 2 aromatic rings. The van der Waals surface area contributed by atoms with Crippen LogP contribution in [0, 0.1) is 5.82 Å². The highest BCUT2D eigenvalue weighted by molar-refractivity contribution is 9.10. The molecule has 66 valence electrons. The van der Waals surface area contributed by atoms with Gasteiger partial charge < -0.3 is 5.73 Å². The minimum Gasteiger partial charge on any atom is -0.398 e. The number of halogens is 2. The smallest absolute Gasteiger partial charge is 0.149 e. The van der Waals surface area contributed by atoms with E-state index >= 15 is 0 Å². The van der Waals surface area contributed by atoms with E-state index < -0.39 is 0 Å². The highest BCUT2D eigenvalue weighted by Gasteiger charge is 2.07. The molecule has 0 aliphatic carbocycles. The zero-order chi connectivity index (χ0) is 9.42. The molecule has 2 N–H and O–H groups in total. The lowest BCUT2D eigenvalue weighted by atomic mass is 10.2. The third kappa shape index (κ3) is 1.27. The molecule has 2 rings (SSSR count). The SMILES string of the molecule is Nc1ccnc2c(F)ccc(Br)c12. The summed E-state index contributed by atoms with van der Waals surface area (Å²) >= 11 is 3.30. The zero-order valence-electron chi connectivity index (χ0n) is 6.59. The van der Waals surface area contributed by atoms with Crippen LogP contribution in [0.1, 0.15) is 0 Å². The predicted octanol–water partition coefficient (Wildman–Crippen LogP) is 2.72. The number of fused-ring (bicyclic) bond motifs is 1. The Hall–Kier alpha value is -1.16. The first-order valence-electron chi connectivity index (χ1n) is 3.68. The topological polar surface area (TPSA) is 38.9 Å². The van der Waals surface area contributed by atoms with Crippen molar-refractivity contribution in [3.63, 3.8) is 0 Å². The Labute approximate surface area is 82.7 Å². The summed E-state index contributed by atoms with van der Waals surface area (Å²) in [5, 5.41) is 0.627. The van der Waals surface area contributed by atoms with Gasteiger partial charge in [-0.05, 0) is 18.2 Å². The molecule has 0 unspecified atom stereocenters. The first kappa shape index (κ1) is 8.44. The second-order valence-corrected chi connectivity index (χ2v) is 3.51. The summed E-state index contributed by atoms with van der Waals surface area (Å²) < 4.78 is 14.0. The number of hydrogen-bond donors (Lipinski definition) is 1. The van der Waals surface area contributed by atoms with Crippen LogP contribution in [-0.4, -0.2) is 4.98 Å². The van der Waals surface area contributed by atoms with Gasteiger partial charge in [0.1, 0.15) is 11.3 Å². The standard InChI is InChI=1S/C9H6BrFN2/c10-5-1-2-6(11)9-8(5)7(12)3-4-13-9/h1-4H,(H2,12,13). The van der Waals surface area contributed by atoms with Crippen LogP contribution in [0.3, 0.4) is 0 Å². The van der Waals surface area contributed by atoms with E-state index in [4.69, 9.17) is 5.73 Å². The van der Waals surface area contributed by atoms with E-state index in [1.54, 1.807) is 12.1 Å². The van der Waals surface area contributed by atoms with Crippen molar-refractivity contribution in [2.45, 2.75) is 0 Å². The second-order valence-electron chi connectivity index (χ2n) is 2.65. The van der Waals surface area contributed by atoms with Crippen LogP contribution in [0.15, 0.2) is 28.9 Å². The average molecular weight is 241 g/mol. The molecule has 0 amide bonds. The minimum absolute atomic E-state index is 0.300. The Morgan fingerprint density at radius 3 is 2.77 bits per heavy atom. The molecule has 0 aliphatic rings. The fourth-order valence-corrected chi connectivity index (χ4v) is 1.77. The molecule has 0 fully saturated rings. The first-order valence-corrected chi connectivity index (χ1v) is 4.47. The Kier molecular flexibility index (Phi) is 1.92. The summed E-state index contributed by atoms with van der Waals surface area (Å²) in [6, 6.07) is 4.63. The second kappa shape index (κ2) is 2.96. The summed E-state index contributed by atoms with van der Waals surface area (Å²) in [4.78, 5) is 3.92. The van der Waals surface area contributed by atoms with Gasteiger partial charge in [-0.25, -0.2) is 4.39 Å². The van der Waals surface area contributed by atoms with Gasteiger partial charge in [0, 0.05) is 21.7 Å². The maximum Gasteiger partial charge on any atom is 0.149 e. The molecule has 0 atom stereocenters. The number of aromatic nitrogens is 1. The van der Waals surface area contributed by atoms with Crippen molar-refractivity contribution >= 4 is 32.5 Å². The van der Waals surface area contributed by atoms with Gasteiger partial charge in [-0.2, -0.15) is 0 Å². The van der Waals surface area contributed by atoms with Crippen molar-refractivity contribution in [3.05, 3.63) is 34.7 Å².